The Hall–Kier alpha value is -1.71. The van der Waals surface area contributed by atoms with E-state index in [0.29, 0.717) is 6.42 Å². The SMILES string of the molecule is C[C@H]1C[C@](C)(c2ccc3c(c2)OCO3)OC1=O. The molecule has 4 nitrogen and oxygen atoms in total. The maximum atomic E-state index is 11.5. The van der Waals surface area contributed by atoms with Crippen molar-refractivity contribution in [3.63, 3.8) is 0 Å². The summed E-state index contributed by atoms with van der Waals surface area (Å²) in [4.78, 5) is 11.5. The Kier molecular flexibility index (Phi) is 2.08. The van der Waals surface area contributed by atoms with Gasteiger partial charge >= 0.3 is 5.97 Å². The van der Waals surface area contributed by atoms with E-state index in [4.69, 9.17) is 14.2 Å². The summed E-state index contributed by atoms with van der Waals surface area (Å²) in [5.41, 5.74) is 0.414. The molecule has 0 amide bonds. The molecule has 0 unspecified atom stereocenters. The van der Waals surface area contributed by atoms with Crippen LogP contribution in [0.25, 0.3) is 0 Å². The molecule has 1 aromatic rings. The van der Waals surface area contributed by atoms with Crippen LogP contribution in [0.15, 0.2) is 18.2 Å². The minimum Gasteiger partial charge on any atom is -0.454 e. The molecule has 0 radical (unpaired) electrons. The largest absolute Gasteiger partial charge is 0.454 e. The van der Waals surface area contributed by atoms with Crippen LogP contribution in [0.5, 0.6) is 11.5 Å². The first-order chi connectivity index (χ1) is 8.08. The van der Waals surface area contributed by atoms with Crippen molar-refractivity contribution in [3.05, 3.63) is 23.8 Å². The number of cyclic esters (lactones) is 1. The quantitative estimate of drug-likeness (QED) is 0.699. The van der Waals surface area contributed by atoms with Gasteiger partial charge in [0.15, 0.2) is 11.5 Å². The topological polar surface area (TPSA) is 44.8 Å². The molecule has 1 aromatic carbocycles. The number of hydrogen-bond acceptors (Lipinski definition) is 4. The Labute approximate surface area is 99.5 Å². The van der Waals surface area contributed by atoms with Gasteiger partial charge < -0.3 is 14.2 Å². The van der Waals surface area contributed by atoms with Crippen LogP contribution < -0.4 is 9.47 Å². The molecule has 1 fully saturated rings. The fraction of sp³-hybridized carbons (Fsp3) is 0.462. The van der Waals surface area contributed by atoms with Crippen molar-refractivity contribution < 1.29 is 19.0 Å². The third-order valence-corrected chi connectivity index (χ3v) is 3.41. The van der Waals surface area contributed by atoms with E-state index in [0.717, 1.165) is 17.1 Å². The summed E-state index contributed by atoms with van der Waals surface area (Å²) < 4.78 is 16.1. The third-order valence-electron chi connectivity index (χ3n) is 3.41. The van der Waals surface area contributed by atoms with E-state index in [2.05, 4.69) is 0 Å². The Morgan fingerprint density at radius 3 is 2.76 bits per heavy atom. The van der Waals surface area contributed by atoms with Gasteiger partial charge in [-0.3, -0.25) is 4.79 Å². The zero-order valence-electron chi connectivity index (χ0n) is 9.86. The summed E-state index contributed by atoms with van der Waals surface area (Å²) in [6.45, 7) is 4.08. The molecule has 0 aromatic heterocycles. The van der Waals surface area contributed by atoms with Gasteiger partial charge in [-0.05, 0) is 24.6 Å². The smallest absolute Gasteiger partial charge is 0.309 e. The van der Waals surface area contributed by atoms with Crippen LogP contribution >= 0.6 is 0 Å². The van der Waals surface area contributed by atoms with E-state index in [1.54, 1.807) is 0 Å². The van der Waals surface area contributed by atoms with Crippen LogP contribution in [0.4, 0.5) is 0 Å². The lowest BCUT2D eigenvalue weighted by Crippen LogP contribution is -2.20. The lowest BCUT2D eigenvalue weighted by atomic mass is 9.89. The number of fused-ring (bicyclic) bond motifs is 1. The van der Waals surface area contributed by atoms with Crippen LogP contribution in [0.2, 0.25) is 0 Å². The molecule has 3 rings (SSSR count). The summed E-state index contributed by atoms with van der Waals surface area (Å²) in [7, 11) is 0. The van der Waals surface area contributed by atoms with Crippen molar-refractivity contribution in [1.82, 2.24) is 0 Å². The molecule has 0 bridgehead atoms. The first kappa shape index (κ1) is 10.4. The highest BCUT2D eigenvalue weighted by atomic mass is 16.7. The molecule has 0 N–H and O–H groups in total. The first-order valence-electron chi connectivity index (χ1n) is 5.71. The summed E-state index contributed by atoms with van der Waals surface area (Å²) >= 11 is 0. The van der Waals surface area contributed by atoms with Crippen LogP contribution in [-0.2, 0) is 15.1 Å². The predicted molar refractivity (Wildman–Crippen MR) is 59.8 cm³/mol. The van der Waals surface area contributed by atoms with Crippen LogP contribution in [0.3, 0.4) is 0 Å². The highest BCUT2D eigenvalue weighted by Gasteiger charge is 2.42. The molecule has 90 valence electrons. The average Bonchev–Trinajstić information content (AvgIpc) is 2.84. The number of benzene rings is 1. The summed E-state index contributed by atoms with van der Waals surface area (Å²) in [5.74, 6) is 1.28. The van der Waals surface area contributed by atoms with E-state index < -0.39 is 5.60 Å². The van der Waals surface area contributed by atoms with Crippen LogP contribution in [0, 0.1) is 5.92 Å². The second-order valence-corrected chi connectivity index (χ2v) is 4.83. The average molecular weight is 234 g/mol. The van der Waals surface area contributed by atoms with Crippen molar-refractivity contribution in [2.75, 3.05) is 6.79 Å². The zero-order chi connectivity index (χ0) is 12.0. The number of rotatable bonds is 1. The van der Waals surface area contributed by atoms with Gasteiger partial charge in [0, 0.05) is 6.42 Å². The second kappa shape index (κ2) is 3.39. The number of carbonyl (C=O) groups excluding carboxylic acids is 1. The number of hydrogen-bond donors (Lipinski definition) is 0. The third kappa shape index (κ3) is 1.55. The molecule has 2 atom stereocenters. The van der Waals surface area contributed by atoms with Gasteiger partial charge in [0.1, 0.15) is 5.60 Å². The van der Waals surface area contributed by atoms with Crippen LogP contribution in [0.1, 0.15) is 25.8 Å². The predicted octanol–water partition coefficient (Wildman–Crippen LogP) is 2.21. The van der Waals surface area contributed by atoms with Crippen LogP contribution in [-0.4, -0.2) is 12.8 Å². The maximum absolute atomic E-state index is 11.5. The van der Waals surface area contributed by atoms with Crippen molar-refractivity contribution in [3.8, 4) is 11.5 Å². The highest BCUT2D eigenvalue weighted by Crippen LogP contribution is 2.43. The molecule has 4 heteroatoms. The van der Waals surface area contributed by atoms with Gasteiger partial charge in [-0.1, -0.05) is 13.0 Å². The summed E-state index contributed by atoms with van der Waals surface area (Å²) in [6, 6.07) is 5.69. The molecule has 17 heavy (non-hydrogen) atoms. The zero-order valence-corrected chi connectivity index (χ0v) is 9.86. The molecule has 2 aliphatic rings. The normalized spacial score (nSPS) is 30.5. The Balaban J connectivity index is 1.97. The maximum Gasteiger partial charge on any atom is 0.309 e. The van der Waals surface area contributed by atoms with E-state index in [9.17, 15) is 4.79 Å². The minimum absolute atomic E-state index is 0.0505. The minimum atomic E-state index is -0.544. The Morgan fingerprint density at radius 2 is 2.06 bits per heavy atom. The summed E-state index contributed by atoms with van der Waals surface area (Å²) in [6.07, 6.45) is 0.700. The van der Waals surface area contributed by atoms with E-state index in [-0.39, 0.29) is 18.7 Å². The van der Waals surface area contributed by atoms with Crippen molar-refractivity contribution in [2.24, 2.45) is 5.92 Å². The number of ether oxygens (including phenoxy) is 3. The second-order valence-electron chi connectivity index (χ2n) is 4.83. The Morgan fingerprint density at radius 1 is 1.29 bits per heavy atom. The van der Waals surface area contributed by atoms with Gasteiger partial charge in [0.2, 0.25) is 6.79 Å². The molecule has 1 saturated heterocycles. The number of carbonyl (C=O) groups is 1. The van der Waals surface area contributed by atoms with Gasteiger partial charge in [0.25, 0.3) is 0 Å². The molecular formula is C13H14O4. The molecule has 0 aliphatic carbocycles. The van der Waals surface area contributed by atoms with Gasteiger partial charge in [-0.2, -0.15) is 0 Å². The van der Waals surface area contributed by atoms with Gasteiger partial charge in [-0.25, -0.2) is 0 Å². The van der Waals surface area contributed by atoms with Gasteiger partial charge in [0.05, 0.1) is 5.92 Å². The highest BCUT2D eigenvalue weighted by molar-refractivity contribution is 5.75. The van der Waals surface area contributed by atoms with Crippen molar-refractivity contribution in [2.45, 2.75) is 25.9 Å². The molecule has 0 saturated carbocycles. The van der Waals surface area contributed by atoms with Gasteiger partial charge in [-0.15, -0.1) is 0 Å². The first-order valence-corrected chi connectivity index (χ1v) is 5.71. The molecule has 2 aliphatic heterocycles. The van der Waals surface area contributed by atoms with E-state index in [1.807, 2.05) is 32.0 Å². The molecule has 2 heterocycles. The lowest BCUT2D eigenvalue weighted by Gasteiger charge is -2.23. The van der Waals surface area contributed by atoms with E-state index in [1.165, 1.54) is 0 Å². The number of esters is 1. The molecular weight excluding hydrogens is 220 g/mol. The standard InChI is InChI=1S/C13H14O4/c1-8-6-13(2,17-12(8)14)9-3-4-10-11(5-9)16-7-15-10/h3-5,8H,6-7H2,1-2H3/t8-,13+/m0/s1. The summed E-state index contributed by atoms with van der Waals surface area (Å²) in [5, 5.41) is 0. The fourth-order valence-electron chi connectivity index (χ4n) is 2.43. The van der Waals surface area contributed by atoms with Crippen molar-refractivity contribution >= 4 is 5.97 Å². The Bertz CT molecular complexity index is 482. The fourth-order valence-corrected chi connectivity index (χ4v) is 2.43. The molecule has 0 spiro atoms. The monoisotopic (exact) mass is 234 g/mol. The van der Waals surface area contributed by atoms with E-state index >= 15 is 0 Å². The van der Waals surface area contributed by atoms with Crippen molar-refractivity contribution in [1.29, 1.82) is 0 Å². The lowest BCUT2D eigenvalue weighted by molar-refractivity contribution is -0.149.